The number of nitrogens with one attached hydrogen (secondary N) is 1. The van der Waals surface area contributed by atoms with Crippen molar-refractivity contribution in [2.75, 3.05) is 13.2 Å². The van der Waals surface area contributed by atoms with Gasteiger partial charge in [0.1, 0.15) is 29.5 Å². The van der Waals surface area contributed by atoms with Crippen molar-refractivity contribution in [3.8, 4) is 22.8 Å². The van der Waals surface area contributed by atoms with Gasteiger partial charge in [0.05, 0.1) is 6.04 Å². The van der Waals surface area contributed by atoms with E-state index < -0.39 is 0 Å². The summed E-state index contributed by atoms with van der Waals surface area (Å²) in [6.45, 7) is 10.6. The lowest BCUT2D eigenvalue weighted by atomic mass is 9.94. The molecule has 1 amide bonds. The molecule has 1 aliphatic heterocycles. The van der Waals surface area contributed by atoms with Crippen LogP contribution in [0.1, 0.15) is 52.1 Å². The molecular weight excluding hydrogens is 390 g/mol. The largest absolute Gasteiger partial charge is 0.507 e. The number of hydrogen-bond donors (Lipinski definition) is 2. The average Bonchev–Trinajstić information content (AvgIpc) is 3.29. The van der Waals surface area contributed by atoms with Gasteiger partial charge in [0.25, 0.3) is 5.91 Å². The Morgan fingerprint density at radius 1 is 1.29 bits per heavy atom. The standard InChI is InChI=1S/C25H27N3O3/c1-5-10-28-23(17-8-7-9-18(14-17)31-11-6-2)20-21(26-27-22(20)25(28)30)19-13-15(3)12-16(4)24(19)29/h6-9,12-14,23,29H,2,5,10-11H2,1,3-4H3,(H,26,27). The molecule has 160 valence electrons. The number of H-pyrrole nitrogens is 1. The van der Waals surface area contributed by atoms with Crippen LogP contribution in [-0.4, -0.2) is 39.3 Å². The van der Waals surface area contributed by atoms with E-state index in [0.717, 1.165) is 28.7 Å². The van der Waals surface area contributed by atoms with Crippen molar-refractivity contribution in [1.29, 1.82) is 0 Å². The summed E-state index contributed by atoms with van der Waals surface area (Å²) in [7, 11) is 0. The van der Waals surface area contributed by atoms with Crippen LogP contribution in [0.15, 0.2) is 49.1 Å². The van der Waals surface area contributed by atoms with Gasteiger partial charge in [0, 0.05) is 17.7 Å². The maximum atomic E-state index is 13.2. The zero-order chi connectivity index (χ0) is 22.1. The highest BCUT2D eigenvalue weighted by molar-refractivity contribution is 6.00. The molecule has 1 aromatic heterocycles. The van der Waals surface area contributed by atoms with Gasteiger partial charge in [-0.2, -0.15) is 5.10 Å². The summed E-state index contributed by atoms with van der Waals surface area (Å²) in [4.78, 5) is 15.1. The predicted octanol–water partition coefficient (Wildman–Crippen LogP) is 4.92. The van der Waals surface area contributed by atoms with E-state index in [1.54, 1.807) is 6.08 Å². The highest BCUT2D eigenvalue weighted by Crippen LogP contribution is 2.45. The van der Waals surface area contributed by atoms with E-state index >= 15 is 0 Å². The number of aryl methyl sites for hydroxylation is 2. The fourth-order valence-corrected chi connectivity index (χ4v) is 4.29. The van der Waals surface area contributed by atoms with Gasteiger partial charge in [-0.3, -0.25) is 9.89 Å². The Bertz CT molecular complexity index is 1150. The first kappa shape index (κ1) is 20.7. The molecule has 31 heavy (non-hydrogen) atoms. The second-order valence-corrected chi connectivity index (χ2v) is 7.91. The topological polar surface area (TPSA) is 78.5 Å². The number of ether oxygens (including phenoxy) is 1. The van der Waals surface area contributed by atoms with Crippen LogP contribution in [0.25, 0.3) is 11.3 Å². The van der Waals surface area contributed by atoms with Gasteiger partial charge in [0.2, 0.25) is 0 Å². The van der Waals surface area contributed by atoms with E-state index in [1.807, 2.05) is 55.1 Å². The van der Waals surface area contributed by atoms with E-state index in [-0.39, 0.29) is 17.7 Å². The molecule has 0 aliphatic carbocycles. The van der Waals surface area contributed by atoms with Crippen molar-refractivity contribution in [1.82, 2.24) is 15.1 Å². The van der Waals surface area contributed by atoms with Crippen LogP contribution in [0, 0.1) is 13.8 Å². The number of aromatic nitrogens is 2. The number of carbonyl (C=O) groups excluding carboxylic acids is 1. The SMILES string of the molecule is C=CCOc1cccc(C2c3c(-c4cc(C)cc(C)c4O)n[nH]c3C(=O)N2CCC)c1. The number of benzene rings is 2. The number of hydrogen-bond acceptors (Lipinski definition) is 4. The third-order valence-corrected chi connectivity index (χ3v) is 5.57. The van der Waals surface area contributed by atoms with Crippen LogP contribution in [0.3, 0.4) is 0 Å². The molecule has 0 bridgehead atoms. The number of nitrogens with zero attached hydrogens (tertiary/aromatic N) is 2. The molecule has 0 radical (unpaired) electrons. The minimum absolute atomic E-state index is 0.0816. The Hall–Kier alpha value is -3.54. The average molecular weight is 418 g/mol. The lowest BCUT2D eigenvalue weighted by molar-refractivity contribution is 0.0743. The van der Waals surface area contributed by atoms with Crippen LogP contribution in [0.5, 0.6) is 11.5 Å². The third-order valence-electron chi connectivity index (χ3n) is 5.57. The molecule has 1 aliphatic rings. The molecular formula is C25H27N3O3. The molecule has 1 unspecified atom stereocenters. The molecule has 0 spiro atoms. The minimum atomic E-state index is -0.316. The van der Waals surface area contributed by atoms with Crippen LogP contribution in [0.2, 0.25) is 0 Å². The molecule has 0 saturated heterocycles. The van der Waals surface area contributed by atoms with Gasteiger partial charge in [-0.15, -0.1) is 0 Å². The van der Waals surface area contributed by atoms with Gasteiger partial charge in [-0.1, -0.05) is 37.8 Å². The van der Waals surface area contributed by atoms with Gasteiger partial charge in [0.15, 0.2) is 0 Å². The van der Waals surface area contributed by atoms with E-state index in [1.165, 1.54) is 0 Å². The molecule has 2 heterocycles. The van der Waals surface area contributed by atoms with Crippen molar-refractivity contribution in [2.24, 2.45) is 0 Å². The van der Waals surface area contributed by atoms with Crippen molar-refractivity contribution in [3.63, 3.8) is 0 Å². The van der Waals surface area contributed by atoms with Gasteiger partial charge >= 0.3 is 0 Å². The van der Waals surface area contributed by atoms with Crippen LogP contribution < -0.4 is 4.74 Å². The third kappa shape index (κ3) is 3.58. The van der Waals surface area contributed by atoms with Crippen LogP contribution >= 0.6 is 0 Å². The van der Waals surface area contributed by atoms with Crippen molar-refractivity contribution < 1.29 is 14.6 Å². The summed E-state index contributed by atoms with van der Waals surface area (Å²) in [5.74, 6) is 0.819. The quantitative estimate of drug-likeness (QED) is 0.535. The van der Waals surface area contributed by atoms with E-state index in [4.69, 9.17) is 4.74 Å². The van der Waals surface area contributed by atoms with E-state index in [9.17, 15) is 9.90 Å². The normalized spacial score (nSPS) is 15.3. The number of rotatable bonds is 7. The first-order valence-corrected chi connectivity index (χ1v) is 10.5. The number of aromatic hydroxyl groups is 1. The summed E-state index contributed by atoms with van der Waals surface area (Å²) >= 11 is 0. The van der Waals surface area contributed by atoms with Gasteiger partial charge in [-0.05, 0) is 55.2 Å². The highest BCUT2D eigenvalue weighted by Gasteiger charge is 2.42. The fraction of sp³-hybridized carbons (Fsp3) is 0.280. The van der Waals surface area contributed by atoms with Crippen molar-refractivity contribution in [3.05, 3.63) is 77.0 Å². The number of aromatic amines is 1. The summed E-state index contributed by atoms with van der Waals surface area (Å²) in [5.41, 5.74) is 5.24. The second-order valence-electron chi connectivity index (χ2n) is 7.91. The molecule has 2 N–H and O–H groups in total. The Kier molecular flexibility index (Phi) is 5.55. The Labute approximate surface area is 182 Å². The Balaban J connectivity index is 1.89. The molecule has 0 fully saturated rings. The number of amides is 1. The Morgan fingerprint density at radius 2 is 2.10 bits per heavy atom. The van der Waals surface area contributed by atoms with Gasteiger partial charge < -0.3 is 14.7 Å². The second kappa shape index (κ2) is 8.30. The van der Waals surface area contributed by atoms with Crippen LogP contribution in [0.4, 0.5) is 0 Å². The molecule has 6 heteroatoms. The minimum Gasteiger partial charge on any atom is -0.507 e. The predicted molar refractivity (Wildman–Crippen MR) is 120 cm³/mol. The summed E-state index contributed by atoms with van der Waals surface area (Å²) in [5, 5.41) is 18.2. The molecule has 4 rings (SSSR count). The van der Waals surface area contributed by atoms with Crippen molar-refractivity contribution in [2.45, 2.75) is 33.2 Å². The zero-order valence-electron chi connectivity index (χ0n) is 18.1. The zero-order valence-corrected chi connectivity index (χ0v) is 18.1. The number of phenols is 1. The highest BCUT2D eigenvalue weighted by atomic mass is 16.5. The summed E-state index contributed by atoms with van der Waals surface area (Å²) in [6.07, 6.45) is 2.53. The first-order chi connectivity index (χ1) is 15.0. The van der Waals surface area contributed by atoms with E-state index in [0.29, 0.717) is 35.9 Å². The smallest absolute Gasteiger partial charge is 0.273 e. The molecule has 2 aromatic carbocycles. The number of carbonyl (C=O) groups is 1. The number of fused-ring (bicyclic) bond motifs is 1. The maximum absolute atomic E-state index is 13.2. The molecule has 1 atom stereocenters. The van der Waals surface area contributed by atoms with Crippen LogP contribution in [-0.2, 0) is 0 Å². The van der Waals surface area contributed by atoms with E-state index in [2.05, 4.69) is 23.7 Å². The fourth-order valence-electron chi connectivity index (χ4n) is 4.29. The van der Waals surface area contributed by atoms with Gasteiger partial charge in [-0.25, -0.2) is 0 Å². The lowest BCUT2D eigenvalue weighted by Crippen LogP contribution is -2.30. The number of phenolic OH excluding ortho intramolecular Hbond substituents is 1. The molecule has 0 saturated carbocycles. The lowest BCUT2D eigenvalue weighted by Gasteiger charge is -2.26. The first-order valence-electron chi connectivity index (χ1n) is 10.5. The summed E-state index contributed by atoms with van der Waals surface area (Å²) < 4.78 is 5.73. The molecule has 3 aromatic rings. The monoisotopic (exact) mass is 417 g/mol. The van der Waals surface area contributed by atoms with Crippen molar-refractivity contribution >= 4 is 5.91 Å². The molecule has 6 nitrogen and oxygen atoms in total. The summed E-state index contributed by atoms with van der Waals surface area (Å²) in [6, 6.07) is 11.3. The maximum Gasteiger partial charge on any atom is 0.273 e. The Morgan fingerprint density at radius 3 is 2.84 bits per heavy atom.